The Kier molecular flexibility index (Phi) is 5.24. The van der Waals surface area contributed by atoms with Gasteiger partial charge in [0.15, 0.2) is 0 Å². The maximum atomic E-state index is 12.7. The summed E-state index contributed by atoms with van der Waals surface area (Å²) < 4.78 is 10.1. The number of aromatic nitrogens is 2. The van der Waals surface area contributed by atoms with Crippen LogP contribution in [0, 0.1) is 5.92 Å². The van der Waals surface area contributed by atoms with Crippen LogP contribution < -0.4 is 4.90 Å². The highest BCUT2D eigenvalue weighted by Crippen LogP contribution is 2.21. The second kappa shape index (κ2) is 7.57. The summed E-state index contributed by atoms with van der Waals surface area (Å²) in [5.41, 5.74) is 0.392. The average Bonchev–Trinajstić information content (AvgIpc) is 2.67. The first kappa shape index (κ1) is 16.6. The summed E-state index contributed by atoms with van der Waals surface area (Å²) in [5, 5.41) is 0. The van der Waals surface area contributed by atoms with E-state index in [2.05, 4.69) is 14.9 Å². The molecular weight excluding hydrogens is 312 g/mol. The van der Waals surface area contributed by atoms with Crippen LogP contribution in [0.1, 0.15) is 23.3 Å². The minimum atomic E-state index is -0.196. The molecule has 1 aromatic heterocycles. The van der Waals surface area contributed by atoms with Crippen molar-refractivity contribution >= 4 is 17.7 Å². The van der Waals surface area contributed by atoms with Crippen molar-refractivity contribution in [1.29, 1.82) is 0 Å². The molecule has 0 spiro atoms. The zero-order valence-electron chi connectivity index (χ0n) is 13.8. The van der Waals surface area contributed by atoms with Crippen molar-refractivity contribution in [3.05, 3.63) is 18.1 Å². The van der Waals surface area contributed by atoms with Crippen LogP contribution in [-0.4, -0.2) is 73.2 Å². The fraction of sp³-hybridized carbons (Fsp3) is 0.625. The number of likely N-dealkylation sites (tertiary alicyclic amines) is 1. The van der Waals surface area contributed by atoms with Crippen LogP contribution in [0.4, 0.5) is 5.82 Å². The Morgan fingerprint density at radius 3 is 2.54 bits per heavy atom. The van der Waals surface area contributed by atoms with E-state index in [9.17, 15) is 9.59 Å². The van der Waals surface area contributed by atoms with E-state index in [0.717, 1.165) is 18.9 Å². The number of hydrogen-bond donors (Lipinski definition) is 0. The van der Waals surface area contributed by atoms with Gasteiger partial charge in [0.2, 0.25) is 0 Å². The van der Waals surface area contributed by atoms with Gasteiger partial charge in [0.1, 0.15) is 17.8 Å². The zero-order valence-corrected chi connectivity index (χ0v) is 13.8. The number of morpholine rings is 1. The molecule has 130 valence electrons. The molecule has 8 nitrogen and oxygen atoms in total. The molecule has 1 aromatic rings. The highest BCUT2D eigenvalue weighted by molar-refractivity contribution is 5.93. The lowest BCUT2D eigenvalue weighted by Gasteiger charge is -2.31. The van der Waals surface area contributed by atoms with Crippen LogP contribution in [0.5, 0.6) is 0 Å². The number of carbonyl (C=O) groups is 2. The molecule has 0 N–H and O–H groups in total. The number of piperidine rings is 1. The molecule has 1 amide bonds. The number of methoxy groups -OCH3 is 1. The van der Waals surface area contributed by atoms with Crippen LogP contribution in [0.15, 0.2) is 12.4 Å². The number of amides is 1. The van der Waals surface area contributed by atoms with Crippen LogP contribution in [0.2, 0.25) is 0 Å². The molecule has 0 radical (unpaired) electrons. The van der Waals surface area contributed by atoms with E-state index in [1.54, 1.807) is 11.0 Å². The predicted octanol–water partition coefficient (Wildman–Crippen LogP) is 0.338. The van der Waals surface area contributed by atoms with Crippen molar-refractivity contribution in [2.45, 2.75) is 12.8 Å². The second-order valence-corrected chi connectivity index (χ2v) is 5.95. The van der Waals surface area contributed by atoms with Crippen molar-refractivity contribution in [2.24, 2.45) is 5.92 Å². The lowest BCUT2D eigenvalue weighted by molar-refractivity contribution is -0.146. The summed E-state index contributed by atoms with van der Waals surface area (Å²) in [4.78, 5) is 36.4. The van der Waals surface area contributed by atoms with E-state index in [-0.39, 0.29) is 17.8 Å². The highest BCUT2D eigenvalue weighted by atomic mass is 16.5. The first-order valence-corrected chi connectivity index (χ1v) is 8.21. The van der Waals surface area contributed by atoms with Crippen molar-refractivity contribution in [2.75, 3.05) is 51.4 Å². The molecular formula is C16H22N4O4. The number of hydrogen-bond acceptors (Lipinski definition) is 7. The minimum Gasteiger partial charge on any atom is -0.469 e. The maximum absolute atomic E-state index is 12.7. The molecule has 0 unspecified atom stereocenters. The third-order valence-electron chi connectivity index (χ3n) is 4.52. The third-order valence-corrected chi connectivity index (χ3v) is 4.52. The first-order valence-electron chi connectivity index (χ1n) is 8.21. The van der Waals surface area contributed by atoms with Gasteiger partial charge in [0, 0.05) is 32.2 Å². The standard InChI is InChI=1S/C16H22N4O4/c1-23-16(22)12-2-4-20(5-3-12)15(21)13-10-14(18-11-17-13)19-6-8-24-9-7-19/h10-12H,2-9H2,1H3. The van der Waals surface area contributed by atoms with Gasteiger partial charge < -0.3 is 19.3 Å². The van der Waals surface area contributed by atoms with Crippen LogP contribution >= 0.6 is 0 Å². The lowest BCUT2D eigenvalue weighted by atomic mass is 9.97. The van der Waals surface area contributed by atoms with E-state index >= 15 is 0 Å². The van der Waals surface area contributed by atoms with E-state index in [1.807, 2.05) is 0 Å². The van der Waals surface area contributed by atoms with Crippen LogP contribution in [0.3, 0.4) is 0 Å². The van der Waals surface area contributed by atoms with Gasteiger partial charge in [-0.3, -0.25) is 9.59 Å². The number of ether oxygens (including phenoxy) is 2. The molecule has 0 atom stereocenters. The third kappa shape index (κ3) is 3.64. The predicted molar refractivity (Wildman–Crippen MR) is 85.7 cm³/mol. The minimum absolute atomic E-state index is 0.116. The fourth-order valence-electron chi connectivity index (χ4n) is 3.08. The van der Waals surface area contributed by atoms with Crippen molar-refractivity contribution in [3.8, 4) is 0 Å². The number of carbonyl (C=O) groups excluding carboxylic acids is 2. The SMILES string of the molecule is COC(=O)C1CCN(C(=O)c2cc(N3CCOCC3)ncn2)CC1. The zero-order chi connectivity index (χ0) is 16.9. The molecule has 0 saturated carbocycles. The molecule has 0 aliphatic carbocycles. The van der Waals surface area contributed by atoms with Crippen molar-refractivity contribution < 1.29 is 19.1 Å². The maximum Gasteiger partial charge on any atom is 0.308 e. The Hall–Kier alpha value is -2.22. The average molecular weight is 334 g/mol. The van der Waals surface area contributed by atoms with Crippen LogP contribution in [-0.2, 0) is 14.3 Å². The summed E-state index contributed by atoms with van der Waals surface area (Å²) in [5.74, 6) is 0.323. The fourth-order valence-corrected chi connectivity index (χ4v) is 3.08. The van der Waals surface area contributed by atoms with Crippen molar-refractivity contribution in [3.63, 3.8) is 0 Å². The number of esters is 1. The Morgan fingerprint density at radius 2 is 1.88 bits per heavy atom. The van der Waals surface area contributed by atoms with Gasteiger partial charge in [0.25, 0.3) is 5.91 Å². The van der Waals surface area contributed by atoms with Crippen LogP contribution in [0.25, 0.3) is 0 Å². The number of rotatable bonds is 3. The van der Waals surface area contributed by atoms with Gasteiger partial charge >= 0.3 is 5.97 Å². The second-order valence-electron chi connectivity index (χ2n) is 5.95. The summed E-state index contributed by atoms with van der Waals surface area (Å²) in [6.07, 6.45) is 2.68. The topological polar surface area (TPSA) is 84.9 Å². The molecule has 2 aliphatic heterocycles. The Bertz CT molecular complexity index is 595. The van der Waals surface area contributed by atoms with Gasteiger partial charge in [-0.05, 0) is 12.8 Å². The summed E-state index contributed by atoms with van der Waals surface area (Å²) >= 11 is 0. The Balaban J connectivity index is 1.64. The van der Waals surface area contributed by atoms with Gasteiger partial charge in [0.05, 0.1) is 26.2 Å². The largest absolute Gasteiger partial charge is 0.469 e. The lowest BCUT2D eigenvalue weighted by Crippen LogP contribution is -2.41. The number of nitrogens with zero attached hydrogens (tertiary/aromatic N) is 4. The molecule has 0 aromatic carbocycles. The molecule has 8 heteroatoms. The van der Waals surface area contributed by atoms with Gasteiger partial charge in [-0.2, -0.15) is 0 Å². The van der Waals surface area contributed by atoms with Crippen molar-refractivity contribution in [1.82, 2.24) is 14.9 Å². The normalized spacial score (nSPS) is 19.2. The molecule has 3 heterocycles. The smallest absolute Gasteiger partial charge is 0.308 e. The molecule has 3 rings (SSSR count). The van der Waals surface area contributed by atoms with E-state index < -0.39 is 0 Å². The number of anilines is 1. The van der Waals surface area contributed by atoms with Gasteiger partial charge in [-0.15, -0.1) is 0 Å². The summed E-state index contributed by atoms with van der Waals surface area (Å²) in [6.45, 7) is 3.91. The quantitative estimate of drug-likeness (QED) is 0.737. The molecule has 0 bridgehead atoms. The van der Waals surface area contributed by atoms with E-state index in [1.165, 1.54) is 13.4 Å². The molecule has 24 heavy (non-hydrogen) atoms. The monoisotopic (exact) mass is 334 g/mol. The highest BCUT2D eigenvalue weighted by Gasteiger charge is 2.29. The summed E-state index contributed by atoms with van der Waals surface area (Å²) in [7, 11) is 1.40. The summed E-state index contributed by atoms with van der Waals surface area (Å²) in [6, 6.07) is 1.74. The van der Waals surface area contributed by atoms with Gasteiger partial charge in [-0.25, -0.2) is 9.97 Å². The molecule has 2 saturated heterocycles. The molecule has 2 aliphatic rings. The van der Waals surface area contributed by atoms with E-state index in [4.69, 9.17) is 9.47 Å². The molecule has 2 fully saturated rings. The Labute approximate surface area is 140 Å². The van der Waals surface area contributed by atoms with Gasteiger partial charge in [-0.1, -0.05) is 0 Å². The first-order chi connectivity index (χ1) is 11.7. The Morgan fingerprint density at radius 1 is 1.17 bits per heavy atom. The van der Waals surface area contributed by atoms with E-state index in [0.29, 0.717) is 44.8 Å².